The number of aromatic nitrogens is 2. The second-order valence-corrected chi connectivity index (χ2v) is 6.56. The largest absolute Gasteiger partial charge is 0.497 e. The molecule has 0 aliphatic carbocycles. The van der Waals surface area contributed by atoms with E-state index < -0.39 is 24.2 Å². The molecule has 0 unspecified atom stereocenters. The molecule has 0 saturated heterocycles. The number of carbonyl (C=O) groups is 2. The second kappa shape index (κ2) is 8.96. The van der Waals surface area contributed by atoms with Crippen molar-refractivity contribution in [3.8, 4) is 17.2 Å². The van der Waals surface area contributed by atoms with Crippen LogP contribution in [0, 0.1) is 12.7 Å². The Kier molecular flexibility index (Phi) is 6.37. The standard InChI is InChI=1S/C21H18ClFN2O5/c1-12-19(20(22)25(24-12)14-6-4-13(23)5-7-14)21(27)30-11-17(26)16-9-8-15(28-2)10-18(16)29-3/h4-10H,11H2,1-3H3. The zero-order valence-corrected chi connectivity index (χ0v) is 17.2. The lowest BCUT2D eigenvalue weighted by atomic mass is 10.1. The topological polar surface area (TPSA) is 79.7 Å². The molecule has 0 fully saturated rings. The first kappa shape index (κ1) is 21.3. The van der Waals surface area contributed by atoms with Crippen molar-refractivity contribution in [2.24, 2.45) is 0 Å². The number of esters is 1. The number of halogens is 2. The van der Waals surface area contributed by atoms with E-state index in [1.807, 2.05) is 0 Å². The summed E-state index contributed by atoms with van der Waals surface area (Å²) >= 11 is 6.30. The third-order valence-corrected chi connectivity index (χ3v) is 4.67. The van der Waals surface area contributed by atoms with Gasteiger partial charge in [0, 0.05) is 6.07 Å². The molecule has 9 heteroatoms. The minimum absolute atomic E-state index is 0.00131. The normalized spacial score (nSPS) is 10.6. The van der Waals surface area contributed by atoms with Gasteiger partial charge in [0.15, 0.2) is 6.61 Å². The van der Waals surface area contributed by atoms with E-state index in [1.54, 1.807) is 19.1 Å². The quantitative estimate of drug-likeness (QED) is 0.414. The van der Waals surface area contributed by atoms with Gasteiger partial charge in [-0.15, -0.1) is 0 Å². The highest BCUT2D eigenvalue weighted by Gasteiger charge is 2.24. The Morgan fingerprint density at radius 2 is 1.80 bits per heavy atom. The Morgan fingerprint density at radius 3 is 2.43 bits per heavy atom. The van der Waals surface area contributed by atoms with Crippen LogP contribution in [0.15, 0.2) is 42.5 Å². The molecule has 0 spiro atoms. The van der Waals surface area contributed by atoms with Crippen LogP contribution in [0.2, 0.25) is 5.15 Å². The average molecular weight is 433 g/mol. The fraction of sp³-hybridized carbons (Fsp3) is 0.190. The maximum atomic E-state index is 13.1. The lowest BCUT2D eigenvalue weighted by molar-refractivity contribution is 0.0473. The third kappa shape index (κ3) is 4.28. The first-order valence-corrected chi connectivity index (χ1v) is 9.17. The molecule has 7 nitrogen and oxygen atoms in total. The molecule has 0 radical (unpaired) electrons. The van der Waals surface area contributed by atoms with Gasteiger partial charge in [0.2, 0.25) is 5.78 Å². The molecule has 1 heterocycles. The summed E-state index contributed by atoms with van der Waals surface area (Å²) in [5.41, 5.74) is 1.05. The molecule has 156 valence electrons. The van der Waals surface area contributed by atoms with Crippen molar-refractivity contribution in [2.75, 3.05) is 20.8 Å². The minimum Gasteiger partial charge on any atom is -0.497 e. The number of ketones is 1. The smallest absolute Gasteiger partial charge is 0.343 e. The van der Waals surface area contributed by atoms with E-state index in [2.05, 4.69) is 5.10 Å². The lowest BCUT2D eigenvalue weighted by Gasteiger charge is -2.10. The van der Waals surface area contributed by atoms with Crippen molar-refractivity contribution in [1.29, 1.82) is 0 Å². The first-order valence-electron chi connectivity index (χ1n) is 8.79. The van der Waals surface area contributed by atoms with Gasteiger partial charge in [-0.05, 0) is 43.3 Å². The van der Waals surface area contributed by atoms with Crippen LogP contribution in [-0.4, -0.2) is 42.4 Å². The molecule has 0 N–H and O–H groups in total. The second-order valence-electron chi connectivity index (χ2n) is 6.20. The molecule has 3 rings (SSSR count). The van der Waals surface area contributed by atoms with E-state index in [0.29, 0.717) is 22.9 Å². The number of hydrogen-bond acceptors (Lipinski definition) is 6. The van der Waals surface area contributed by atoms with Crippen LogP contribution in [0.25, 0.3) is 5.69 Å². The Hall–Kier alpha value is -3.39. The summed E-state index contributed by atoms with van der Waals surface area (Å²) in [6.45, 7) is 1.07. The maximum absolute atomic E-state index is 13.1. The van der Waals surface area contributed by atoms with E-state index in [9.17, 15) is 14.0 Å². The lowest BCUT2D eigenvalue weighted by Crippen LogP contribution is -2.15. The molecule has 0 atom stereocenters. The number of methoxy groups -OCH3 is 2. The molecule has 0 bridgehead atoms. The van der Waals surface area contributed by atoms with Crippen molar-refractivity contribution in [3.63, 3.8) is 0 Å². The van der Waals surface area contributed by atoms with Crippen LogP contribution in [0.3, 0.4) is 0 Å². The maximum Gasteiger partial charge on any atom is 0.343 e. The fourth-order valence-electron chi connectivity index (χ4n) is 2.79. The Balaban J connectivity index is 1.77. The van der Waals surface area contributed by atoms with Crippen LogP contribution in [0.5, 0.6) is 11.5 Å². The van der Waals surface area contributed by atoms with Gasteiger partial charge in [0.1, 0.15) is 28.0 Å². The highest BCUT2D eigenvalue weighted by molar-refractivity contribution is 6.33. The molecule has 2 aromatic carbocycles. The zero-order valence-electron chi connectivity index (χ0n) is 16.4. The van der Waals surface area contributed by atoms with Crippen molar-refractivity contribution >= 4 is 23.4 Å². The molecular formula is C21H18ClFN2O5. The molecule has 0 amide bonds. The average Bonchev–Trinajstić information content (AvgIpc) is 3.05. The number of aryl methyl sites for hydroxylation is 1. The summed E-state index contributed by atoms with van der Waals surface area (Å²) in [6.07, 6.45) is 0. The highest BCUT2D eigenvalue weighted by Crippen LogP contribution is 2.26. The van der Waals surface area contributed by atoms with Crippen molar-refractivity contribution in [2.45, 2.75) is 6.92 Å². The van der Waals surface area contributed by atoms with Gasteiger partial charge >= 0.3 is 5.97 Å². The number of nitrogens with zero attached hydrogens (tertiary/aromatic N) is 2. The van der Waals surface area contributed by atoms with E-state index in [4.69, 9.17) is 25.8 Å². The zero-order chi connectivity index (χ0) is 21.8. The summed E-state index contributed by atoms with van der Waals surface area (Å²) in [6, 6.07) is 10.1. The van der Waals surface area contributed by atoms with Crippen LogP contribution < -0.4 is 9.47 Å². The van der Waals surface area contributed by atoms with Gasteiger partial charge in [0.05, 0.1) is 31.2 Å². The molecule has 0 aliphatic rings. The van der Waals surface area contributed by atoms with Crippen molar-refractivity contribution < 1.29 is 28.2 Å². The van der Waals surface area contributed by atoms with Gasteiger partial charge in [0.25, 0.3) is 0 Å². The van der Waals surface area contributed by atoms with Crippen molar-refractivity contribution in [3.05, 3.63) is 70.3 Å². The number of rotatable bonds is 7. The summed E-state index contributed by atoms with van der Waals surface area (Å²) in [7, 11) is 2.92. The number of benzene rings is 2. The summed E-state index contributed by atoms with van der Waals surface area (Å²) in [4.78, 5) is 25.1. The number of Topliss-reactive ketones (excluding diaryl/α,β-unsaturated/α-hetero) is 1. The van der Waals surface area contributed by atoms with Crippen LogP contribution >= 0.6 is 11.6 Å². The predicted molar refractivity (Wildman–Crippen MR) is 107 cm³/mol. The van der Waals surface area contributed by atoms with Crippen LogP contribution in [0.4, 0.5) is 4.39 Å². The molecule has 0 saturated carbocycles. The monoisotopic (exact) mass is 432 g/mol. The van der Waals surface area contributed by atoms with E-state index in [1.165, 1.54) is 49.2 Å². The molecule has 0 aliphatic heterocycles. The third-order valence-electron chi connectivity index (χ3n) is 4.32. The summed E-state index contributed by atoms with van der Waals surface area (Å²) in [5.74, 6) is -0.843. The minimum atomic E-state index is -0.799. The van der Waals surface area contributed by atoms with Crippen LogP contribution in [0.1, 0.15) is 26.4 Å². The first-order chi connectivity index (χ1) is 14.3. The molecule has 1 aromatic heterocycles. The Labute approximate surface area is 176 Å². The summed E-state index contributed by atoms with van der Waals surface area (Å²) < 4.78 is 29.9. The van der Waals surface area contributed by atoms with Gasteiger partial charge in [-0.2, -0.15) is 5.10 Å². The number of carbonyl (C=O) groups excluding carboxylic acids is 2. The van der Waals surface area contributed by atoms with E-state index in [0.717, 1.165) is 0 Å². The van der Waals surface area contributed by atoms with Gasteiger partial charge in [-0.1, -0.05) is 11.6 Å². The predicted octanol–water partition coefficient (Wildman–Crippen LogP) is 4.03. The number of ether oxygens (including phenoxy) is 3. The Bertz CT molecular complexity index is 1100. The van der Waals surface area contributed by atoms with Gasteiger partial charge in [-0.25, -0.2) is 13.9 Å². The Morgan fingerprint density at radius 1 is 1.10 bits per heavy atom. The molecule has 3 aromatic rings. The van der Waals surface area contributed by atoms with Gasteiger partial charge < -0.3 is 14.2 Å². The van der Waals surface area contributed by atoms with E-state index >= 15 is 0 Å². The van der Waals surface area contributed by atoms with Gasteiger partial charge in [-0.3, -0.25) is 4.79 Å². The molecular weight excluding hydrogens is 415 g/mol. The molecule has 30 heavy (non-hydrogen) atoms. The van der Waals surface area contributed by atoms with Crippen molar-refractivity contribution in [1.82, 2.24) is 9.78 Å². The van der Waals surface area contributed by atoms with E-state index in [-0.39, 0.29) is 16.3 Å². The van der Waals surface area contributed by atoms with Crippen LogP contribution in [-0.2, 0) is 4.74 Å². The highest BCUT2D eigenvalue weighted by atomic mass is 35.5. The SMILES string of the molecule is COc1ccc(C(=O)COC(=O)c2c(C)nn(-c3ccc(F)cc3)c2Cl)c(OC)c1. The fourth-order valence-corrected chi connectivity index (χ4v) is 3.14. The number of hydrogen-bond donors (Lipinski definition) is 0. The summed E-state index contributed by atoms with van der Waals surface area (Å²) in [5, 5.41) is 4.20.